The minimum Gasteiger partial charge on any atom is -0.489 e. The van der Waals surface area contributed by atoms with Crippen molar-refractivity contribution in [2.24, 2.45) is 0 Å². The minimum absolute atomic E-state index is 0.200. The van der Waals surface area contributed by atoms with E-state index in [1.807, 2.05) is 12.1 Å². The fourth-order valence-electron chi connectivity index (χ4n) is 2.39. The van der Waals surface area contributed by atoms with E-state index in [1.165, 1.54) is 24.1 Å². The molecule has 0 aromatic heterocycles. The Bertz CT molecular complexity index is 926. The molecule has 0 aliphatic carbocycles. The number of benzene rings is 2. The Balaban J connectivity index is 1.63. The van der Waals surface area contributed by atoms with Gasteiger partial charge in [-0.15, -0.1) is 0 Å². The van der Waals surface area contributed by atoms with Crippen LogP contribution in [0, 0.1) is 5.82 Å². The molecule has 0 unspecified atom stereocenters. The number of amides is 1. The van der Waals surface area contributed by atoms with E-state index >= 15 is 0 Å². The zero-order valence-electron chi connectivity index (χ0n) is 14.9. The Hall–Kier alpha value is -2.71. The van der Waals surface area contributed by atoms with Gasteiger partial charge in [-0.25, -0.2) is 4.39 Å². The third kappa shape index (κ3) is 4.96. The molecule has 8 heteroatoms. The Morgan fingerprint density at radius 1 is 1.18 bits per heavy atom. The van der Waals surface area contributed by atoms with Gasteiger partial charge in [-0.05, 0) is 41.5 Å². The second-order valence-corrected chi connectivity index (χ2v) is 7.50. The molecule has 1 amide bonds. The number of hydrogen-bond donors (Lipinski definition) is 0. The molecule has 0 spiro atoms. The van der Waals surface area contributed by atoms with Gasteiger partial charge >= 0.3 is 5.97 Å². The van der Waals surface area contributed by atoms with E-state index in [2.05, 4.69) is 4.74 Å². The quantitative estimate of drug-likeness (QED) is 0.405. The van der Waals surface area contributed by atoms with Crippen LogP contribution in [0.25, 0.3) is 6.08 Å². The summed E-state index contributed by atoms with van der Waals surface area (Å²) in [6.45, 7) is 0.125. The number of halogens is 1. The topological polar surface area (TPSA) is 55.8 Å². The van der Waals surface area contributed by atoms with Gasteiger partial charge < -0.3 is 9.47 Å². The van der Waals surface area contributed by atoms with Crippen LogP contribution in [0.4, 0.5) is 4.39 Å². The molecule has 0 radical (unpaired) electrons. The van der Waals surface area contributed by atoms with Gasteiger partial charge in [0.05, 0.1) is 12.0 Å². The van der Waals surface area contributed by atoms with Crippen LogP contribution in [-0.4, -0.2) is 34.8 Å². The van der Waals surface area contributed by atoms with Crippen LogP contribution < -0.4 is 4.74 Å². The maximum atomic E-state index is 12.9. The number of rotatable bonds is 6. The number of nitrogens with zero attached hydrogens (tertiary/aromatic N) is 1. The minimum atomic E-state index is -0.528. The van der Waals surface area contributed by atoms with Crippen molar-refractivity contribution in [2.45, 2.75) is 6.61 Å². The Labute approximate surface area is 171 Å². The molecule has 0 saturated carbocycles. The molecule has 1 heterocycles. The zero-order valence-corrected chi connectivity index (χ0v) is 16.5. The summed E-state index contributed by atoms with van der Waals surface area (Å²) < 4.78 is 23.5. The first-order valence-corrected chi connectivity index (χ1v) is 9.48. The summed E-state index contributed by atoms with van der Waals surface area (Å²) in [5.74, 6) is -0.484. The van der Waals surface area contributed by atoms with Crippen molar-refractivity contribution < 1.29 is 23.5 Å². The molecule has 5 nitrogen and oxygen atoms in total. The van der Waals surface area contributed by atoms with Crippen LogP contribution in [0.3, 0.4) is 0 Å². The van der Waals surface area contributed by atoms with Crippen LogP contribution >= 0.6 is 24.0 Å². The van der Waals surface area contributed by atoms with E-state index in [9.17, 15) is 14.0 Å². The lowest BCUT2D eigenvalue weighted by atomic mass is 10.2. The molecule has 0 N–H and O–H groups in total. The van der Waals surface area contributed by atoms with Crippen LogP contribution in [-0.2, 0) is 20.9 Å². The third-order valence-corrected chi connectivity index (χ3v) is 5.26. The fraction of sp³-hybridized carbons (Fsp3) is 0.150. The summed E-state index contributed by atoms with van der Waals surface area (Å²) in [4.78, 5) is 25.5. The molecule has 2 aromatic rings. The Morgan fingerprint density at radius 3 is 2.50 bits per heavy atom. The molecule has 1 saturated heterocycles. The SMILES string of the molecule is COC(=O)CN1C(=O)/C(=C/c2ccc(OCc3ccc(F)cc3)cc2)SC1=S. The molecule has 1 aliphatic rings. The average molecular weight is 417 g/mol. The van der Waals surface area contributed by atoms with Gasteiger partial charge in [0.25, 0.3) is 5.91 Å². The summed E-state index contributed by atoms with van der Waals surface area (Å²) in [7, 11) is 1.26. The van der Waals surface area contributed by atoms with E-state index in [0.717, 1.165) is 22.9 Å². The predicted molar refractivity (Wildman–Crippen MR) is 109 cm³/mol. The highest BCUT2D eigenvalue weighted by Crippen LogP contribution is 2.32. The van der Waals surface area contributed by atoms with Gasteiger partial charge in [0, 0.05) is 0 Å². The van der Waals surface area contributed by atoms with Gasteiger partial charge in [0.1, 0.15) is 29.0 Å². The number of carbonyl (C=O) groups excluding carboxylic acids is 2. The molecule has 28 heavy (non-hydrogen) atoms. The van der Waals surface area contributed by atoms with Gasteiger partial charge in [0.15, 0.2) is 0 Å². The normalized spacial score (nSPS) is 15.2. The first-order valence-electron chi connectivity index (χ1n) is 8.26. The van der Waals surface area contributed by atoms with E-state index in [0.29, 0.717) is 21.6 Å². The van der Waals surface area contributed by atoms with Gasteiger partial charge in [-0.1, -0.05) is 48.2 Å². The maximum absolute atomic E-state index is 12.9. The molecule has 1 aliphatic heterocycles. The van der Waals surface area contributed by atoms with Crippen LogP contribution in [0.5, 0.6) is 5.75 Å². The number of thioether (sulfide) groups is 1. The predicted octanol–water partition coefficient (Wildman–Crippen LogP) is 3.78. The maximum Gasteiger partial charge on any atom is 0.325 e. The van der Waals surface area contributed by atoms with E-state index in [1.54, 1.807) is 30.3 Å². The molecule has 1 fully saturated rings. The summed E-state index contributed by atoms with van der Waals surface area (Å²) in [5.41, 5.74) is 1.66. The highest BCUT2D eigenvalue weighted by molar-refractivity contribution is 8.26. The third-order valence-electron chi connectivity index (χ3n) is 3.89. The highest BCUT2D eigenvalue weighted by Gasteiger charge is 2.33. The smallest absolute Gasteiger partial charge is 0.325 e. The molecule has 3 rings (SSSR count). The molecule has 0 bridgehead atoms. The van der Waals surface area contributed by atoms with Crippen molar-refractivity contribution in [2.75, 3.05) is 13.7 Å². The lowest BCUT2D eigenvalue weighted by Crippen LogP contribution is -2.33. The summed E-state index contributed by atoms with van der Waals surface area (Å²) >= 11 is 6.30. The largest absolute Gasteiger partial charge is 0.489 e. The van der Waals surface area contributed by atoms with Crippen molar-refractivity contribution in [3.05, 3.63) is 70.4 Å². The first-order chi connectivity index (χ1) is 13.5. The molecular weight excluding hydrogens is 401 g/mol. The van der Waals surface area contributed by atoms with Crippen molar-refractivity contribution in [1.29, 1.82) is 0 Å². The molecular formula is C20H16FNO4S2. The lowest BCUT2D eigenvalue weighted by molar-refractivity contribution is -0.143. The fourth-order valence-corrected chi connectivity index (χ4v) is 3.64. The number of carbonyl (C=O) groups is 2. The monoisotopic (exact) mass is 417 g/mol. The summed E-state index contributed by atoms with van der Waals surface area (Å²) in [5, 5.41) is 0. The van der Waals surface area contributed by atoms with E-state index in [-0.39, 0.29) is 18.3 Å². The van der Waals surface area contributed by atoms with Crippen LogP contribution in [0.1, 0.15) is 11.1 Å². The lowest BCUT2D eigenvalue weighted by Gasteiger charge is -2.11. The zero-order chi connectivity index (χ0) is 20.1. The van der Waals surface area contributed by atoms with E-state index in [4.69, 9.17) is 17.0 Å². The highest BCUT2D eigenvalue weighted by atomic mass is 32.2. The van der Waals surface area contributed by atoms with Gasteiger partial charge in [0.2, 0.25) is 0 Å². The second-order valence-electron chi connectivity index (χ2n) is 5.83. The standard InChI is InChI=1S/C20H16FNO4S2/c1-25-18(23)11-22-19(24)17(28-20(22)27)10-13-4-8-16(9-5-13)26-12-14-2-6-15(21)7-3-14/h2-10H,11-12H2,1H3/b17-10-. The summed E-state index contributed by atoms with van der Waals surface area (Å²) in [6, 6.07) is 13.3. The van der Waals surface area contributed by atoms with E-state index < -0.39 is 5.97 Å². The summed E-state index contributed by atoms with van der Waals surface area (Å²) in [6.07, 6.45) is 1.71. The number of esters is 1. The van der Waals surface area contributed by atoms with Crippen molar-refractivity contribution >= 4 is 46.3 Å². The van der Waals surface area contributed by atoms with Gasteiger partial charge in [-0.2, -0.15) is 0 Å². The second kappa shape index (κ2) is 8.99. The number of thiocarbonyl (C=S) groups is 1. The molecule has 2 aromatic carbocycles. The first kappa shape index (κ1) is 20.0. The van der Waals surface area contributed by atoms with Gasteiger partial charge in [-0.3, -0.25) is 14.5 Å². The van der Waals surface area contributed by atoms with Crippen molar-refractivity contribution in [1.82, 2.24) is 4.90 Å². The van der Waals surface area contributed by atoms with Crippen LogP contribution in [0.2, 0.25) is 0 Å². The number of hydrogen-bond acceptors (Lipinski definition) is 6. The van der Waals surface area contributed by atoms with Crippen molar-refractivity contribution in [3.8, 4) is 5.75 Å². The molecule has 0 atom stereocenters. The van der Waals surface area contributed by atoms with Crippen LogP contribution in [0.15, 0.2) is 53.4 Å². The van der Waals surface area contributed by atoms with Crippen molar-refractivity contribution in [3.63, 3.8) is 0 Å². The molecule has 144 valence electrons. The number of ether oxygens (including phenoxy) is 2. The Morgan fingerprint density at radius 2 is 1.86 bits per heavy atom. The average Bonchev–Trinajstić information content (AvgIpc) is 2.96. The number of methoxy groups -OCH3 is 1. The Kier molecular flexibility index (Phi) is 6.43.